The fourth-order valence-electron chi connectivity index (χ4n) is 2.34. The van der Waals surface area contributed by atoms with Crippen LogP contribution in [0.25, 0.3) is 0 Å². The number of nitrogens with zero attached hydrogens (tertiary/aromatic N) is 1. The van der Waals surface area contributed by atoms with Crippen LogP contribution in [0.2, 0.25) is 0 Å². The second kappa shape index (κ2) is 7.80. The van der Waals surface area contributed by atoms with E-state index in [4.69, 9.17) is 5.73 Å². The van der Waals surface area contributed by atoms with Gasteiger partial charge in [-0.25, -0.2) is 0 Å². The highest BCUT2D eigenvalue weighted by molar-refractivity contribution is 6.00. The maximum Gasteiger partial charge on any atom is 0.292 e. The lowest BCUT2D eigenvalue weighted by Gasteiger charge is -2.22. The van der Waals surface area contributed by atoms with Crippen LogP contribution in [0, 0.1) is 16.0 Å². The zero-order valence-electron chi connectivity index (χ0n) is 11.5. The predicted octanol–water partition coefficient (Wildman–Crippen LogP) is 1.33. The Hall–Kier alpha value is -1.86. The van der Waals surface area contributed by atoms with Crippen LogP contribution in [0.3, 0.4) is 0 Å². The topological polar surface area (TPSA) is 110 Å². The number of nitrogens with two attached hydrogens (primary N) is 1. The number of nitro benzene ring substituents is 1. The van der Waals surface area contributed by atoms with Gasteiger partial charge in [-0.2, -0.15) is 0 Å². The molecule has 1 aromatic rings. The third-order valence-corrected chi connectivity index (χ3v) is 3.47. The van der Waals surface area contributed by atoms with E-state index in [0.29, 0.717) is 12.5 Å². The average molecular weight is 315 g/mol. The molecule has 8 heteroatoms. The molecule has 0 bridgehead atoms. The number of rotatable bonds is 4. The first-order valence-corrected chi connectivity index (χ1v) is 6.61. The summed E-state index contributed by atoms with van der Waals surface area (Å²) in [5.41, 5.74) is 5.51. The predicted molar refractivity (Wildman–Crippen MR) is 82.7 cm³/mol. The molecule has 0 aromatic heterocycles. The minimum Gasteiger partial charge on any atom is -0.393 e. The summed E-state index contributed by atoms with van der Waals surface area (Å²) in [6.07, 6.45) is 2.16. The van der Waals surface area contributed by atoms with Crippen LogP contribution in [0.5, 0.6) is 0 Å². The van der Waals surface area contributed by atoms with E-state index in [2.05, 4.69) is 10.6 Å². The van der Waals surface area contributed by atoms with Gasteiger partial charge in [0, 0.05) is 12.6 Å². The zero-order valence-corrected chi connectivity index (χ0v) is 12.3. The smallest absolute Gasteiger partial charge is 0.292 e. The van der Waals surface area contributed by atoms with Crippen molar-refractivity contribution >= 4 is 29.7 Å². The summed E-state index contributed by atoms with van der Waals surface area (Å²) >= 11 is 0. The molecule has 1 heterocycles. The number of nitrogen functional groups attached to an aromatic ring is 1. The van der Waals surface area contributed by atoms with E-state index >= 15 is 0 Å². The highest BCUT2D eigenvalue weighted by Gasteiger charge is 2.20. The number of carbonyl (C=O) groups is 1. The lowest BCUT2D eigenvalue weighted by molar-refractivity contribution is -0.383. The van der Waals surface area contributed by atoms with Gasteiger partial charge in [0.25, 0.3) is 11.6 Å². The Morgan fingerprint density at radius 1 is 1.52 bits per heavy atom. The van der Waals surface area contributed by atoms with Gasteiger partial charge in [0.1, 0.15) is 5.69 Å². The summed E-state index contributed by atoms with van der Waals surface area (Å²) < 4.78 is 0. The van der Waals surface area contributed by atoms with E-state index < -0.39 is 4.92 Å². The lowest BCUT2D eigenvalue weighted by Crippen LogP contribution is -2.38. The summed E-state index contributed by atoms with van der Waals surface area (Å²) in [7, 11) is 0. The maximum absolute atomic E-state index is 12.0. The fraction of sp³-hybridized carbons (Fsp3) is 0.462. The zero-order chi connectivity index (χ0) is 14.5. The van der Waals surface area contributed by atoms with Crippen molar-refractivity contribution in [3.8, 4) is 0 Å². The molecule has 2 rings (SSSR count). The molecule has 0 aliphatic carbocycles. The van der Waals surface area contributed by atoms with Crippen molar-refractivity contribution in [2.24, 2.45) is 5.92 Å². The number of carbonyl (C=O) groups excluding carboxylic acids is 1. The largest absolute Gasteiger partial charge is 0.393 e. The number of benzene rings is 1. The van der Waals surface area contributed by atoms with Crippen LogP contribution in [-0.4, -0.2) is 30.5 Å². The Morgan fingerprint density at radius 2 is 2.29 bits per heavy atom. The Labute approximate surface area is 128 Å². The number of amides is 1. The first-order valence-electron chi connectivity index (χ1n) is 6.61. The molecule has 21 heavy (non-hydrogen) atoms. The lowest BCUT2D eigenvalue weighted by atomic mass is 9.99. The summed E-state index contributed by atoms with van der Waals surface area (Å²) in [5.74, 6) is 0.0318. The molecule has 7 nitrogen and oxygen atoms in total. The van der Waals surface area contributed by atoms with Crippen LogP contribution in [-0.2, 0) is 0 Å². The van der Waals surface area contributed by atoms with Crippen LogP contribution in [0.4, 0.5) is 11.4 Å². The molecule has 1 aliphatic rings. The van der Waals surface area contributed by atoms with E-state index in [-0.39, 0.29) is 35.3 Å². The van der Waals surface area contributed by atoms with E-state index in [1.807, 2.05) is 0 Å². The molecule has 116 valence electrons. The SMILES string of the molecule is Cl.Nc1c(C(=O)NCC2CCCNC2)cccc1[N+](=O)[O-]. The molecular weight excluding hydrogens is 296 g/mol. The Morgan fingerprint density at radius 3 is 2.90 bits per heavy atom. The summed E-state index contributed by atoms with van der Waals surface area (Å²) in [6, 6.07) is 4.25. The third kappa shape index (κ3) is 4.30. The molecule has 1 fully saturated rings. The Balaban J connectivity index is 0.00000220. The van der Waals surface area contributed by atoms with E-state index in [0.717, 1.165) is 25.9 Å². The minimum atomic E-state index is -0.586. The van der Waals surface area contributed by atoms with Crippen molar-refractivity contribution < 1.29 is 9.72 Å². The Bertz CT molecular complexity index is 518. The molecule has 4 N–H and O–H groups in total. The van der Waals surface area contributed by atoms with Crippen molar-refractivity contribution in [2.75, 3.05) is 25.4 Å². The van der Waals surface area contributed by atoms with Crippen molar-refractivity contribution in [3.05, 3.63) is 33.9 Å². The minimum absolute atomic E-state index is 0. The summed E-state index contributed by atoms with van der Waals surface area (Å²) in [6.45, 7) is 2.45. The van der Waals surface area contributed by atoms with Gasteiger partial charge in [0.2, 0.25) is 0 Å². The standard InChI is InChI=1S/C13H18N4O3.ClH/c14-12-10(4-1-5-11(12)17(19)20)13(18)16-8-9-3-2-6-15-7-9;/h1,4-5,9,15H,2-3,6-8,14H2,(H,16,18);1H. The van der Waals surface area contributed by atoms with Crippen molar-refractivity contribution in [2.45, 2.75) is 12.8 Å². The normalized spacial score (nSPS) is 17.6. The first-order chi connectivity index (χ1) is 9.59. The van der Waals surface area contributed by atoms with Gasteiger partial charge in [0.05, 0.1) is 10.5 Å². The fourth-order valence-corrected chi connectivity index (χ4v) is 2.34. The highest BCUT2D eigenvalue weighted by Crippen LogP contribution is 2.24. The summed E-state index contributed by atoms with van der Waals surface area (Å²) in [5, 5.41) is 16.8. The highest BCUT2D eigenvalue weighted by atomic mass is 35.5. The summed E-state index contributed by atoms with van der Waals surface area (Å²) in [4.78, 5) is 22.3. The van der Waals surface area contributed by atoms with Crippen LogP contribution in [0.1, 0.15) is 23.2 Å². The van der Waals surface area contributed by atoms with Crippen LogP contribution < -0.4 is 16.4 Å². The number of piperidine rings is 1. The molecule has 0 radical (unpaired) electrons. The van der Waals surface area contributed by atoms with Crippen LogP contribution in [0.15, 0.2) is 18.2 Å². The van der Waals surface area contributed by atoms with Gasteiger partial charge in [-0.05, 0) is 37.9 Å². The quantitative estimate of drug-likeness (QED) is 0.441. The van der Waals surface area contributed by atoms with E-state index in [1.165, 1.54) is 18.2 Å². The van der Waals surface area contributed by atoms with E-state index in [9.17, 15) is 14.9 Å². The number of nitrogens with one attached hydrogen (secondary N) is 2. The van der Waals surface area contributed by atoms with Gasteiger partial charge >= 0.3 is 0 Å². The van der Waals surface area contributed by atoms with Gasteiger partial charge in [-0.1, -0.05) is 6.07 Å². The average Bonchev–Trinajstić information content (AvgIpc) is 2.46. The van der Waals surface area contributed by atoms with E-state index in [1.54, 1.807) is 0 Å². The monoisotopic (exact) mass is 314 g/mol. The maximum atomic E-state index is 12.0. The number of para-hydroxylation sites is 1. The third-order valence-electron chi connectivity index (χ3n) is 3.47. The number of hydrogen-bond donors (Lipinski definition) is 3. The first kappa shape index (κ1) is 17.2. The van der Waals surface area contributed by atoms with Crippen LogP contribution >= 0.6 is 12.4 Å². The Kier molecular flexibility index (Phi) is 6.39. The van der Waals surface area contributed by atoms with Crippen molar-refractivity contribution in [3.63, 3.8) is 0 Å². The molecule has 0 spiro atoms. The second-order valence-electron chi connectivity index (χ2n) is 4.92. The molecule has 1 aliphatic heterocycles. The molecular formula is C13H19ClN4O3. The van der Waals surface area contributed by atoms with Gasteiger partial charge in [-0.15, -0.1) is 12.4 Å². The number of hydrogen-bond acceptors (Lipinski definition) is 5. The second-order valence-corrected chi connectivity index (χ2v) is 4.92. The van der Waals surface area contributed by atoms with Crippen molar-refractivity contribution in [1.82, 2.24) is 10.6 Å². The van der Waals surface area contributed by atoms with Gasteiger partial charge in [0.15, 0.2) is 0 Å². The number of anilines is 1. The molecule has 1 atom stereocenters. The molecule has 0 saturated carbocycles. The molecule has 1 saturated heterocycles. The number of nitro groups is 1. The van der Waals surface area contributed by atoms with Gasteiger partial charge in [-0.3, -0.25) is 14.9 Å². The number of halogens is 1. The van der Waals surface area contributed by atoms with Gasteiger partial charge < -0.3 is 16.4 Å². The van der Waals surface area contributed by atoms with Crippen molar-refractivity contribution in [1.29, 1.82) is 0 Å². The molecule has 1 amide bonds. The molecule has 1 unspecified atom stereocenters. The molecule has 1 aromatic carbocycles.